The first-order chi connectivity index (χ1) is 37.6. The minimum Gasteiger partial charge on any atom is -0.394 e. The molecule has 0 aromatic carbocycles. The standard InChI is InChI=1S/C63H117NO13/c1-3-5-7-9-11-13-15-17-19-21-22-23-24-25-26-27-28-29-31-32-34-36-38-40-42-44-46-52(67)51(64-55(68)47-45-43-41-39-37-35-33-30-20-18-16-14-12-10-8-6-4-2)50-74-62-60(73)58(71)61(54(49-66)76-62)77-63-59(72)57(70)56(69)53(48-65)75-63/h18,20,36,38,44,46,51-54,56-63,65-67,69-73H,3-17,19,21-35,37,39-43,45,47-50H2,1-2H3,(H,64,68)/b20-18-,38-36+,46-44+. The van der Waals surface area contributed by atoms with Crippen molar-refractivity contribution in [3.05, 3.63) is 36.5 Å². The van der Waals surface area contributed by atoms with Crippen LogP contribution in [0.5, 0.6) is 0 Å². The predicted molar refractivity (Wildman–Crippen MR) is 309 cm³/mol. The largest absolute Gasteiger partial charge is 0.394 e. The molecule has 0 saturated carbocycles. The molecule has 2 heterocycles. The van der Waals surface area contributed by atoms with E-state index in [0.717, 1.165) is 38.5 Å². The van der Waals surface area contributed by atoms with Crippen molar-refractivity contribution in [1.29, 1.82) is 0 Å². The van der Waals surface area contributed by atoms with Crippen LogP contribution in [0.25, 0.3) is 0 Å². The lowest BCUT2D eigenvalue weighted by Gasteiger charge is -2.46. The maximum absolute atomic E-state index is 13.3. The van der Waals surface area contributed by atoms with Crippen molar-refractivity contribution < 1.29 is 64.6 Å². The highest BCUT2D eigenvalue weighted by atomic mass is 16.7. The van der Waals surface area contributed by atoms with Crippen LogP contribution >= 0.6 is 0 Å². The van der Waals surface area contributed by atoms with E-state index in [1.165, 1.54) is 193 Å². The number of carbonyl (C=O) groups is 1. The molecule has 2 aliphatic heterocycles. The summed E-state index contributed by atoms with van der Waals surface area (Å²) < 4.78 is 22.8. The first-order valence-electron chi connectivity index (χ1n) is 31.7. The Bertz CT molecular complexity index is 1430. The van der Waals surface area contributed by atoms with Gasteiger partial charge in [-0.15, -0.1) is 0 Å². The second kappa shape index (κ2) is 48.9. The second-order valence-electron chi connectivity index (χ2n) is 22.5. The monoisotopic (exact) mass is 1100 g/mol. The molecule has 9 N–H and O–H groups in total. The van der Waals surface area contributed by atoms with Crippen LogP contribution in [0.1, 0.15) is 264 Å². The number of aliphatic hydroxyl groups excluding tert-OH is 8. The molecule has 0 radical (unpaired) electrons. The molecule has 0 aromatic heterocycles. The van der Waals surface area contributed by atoms with Gasteiger partial charge in [0.1, 0.15) is 48.8 Å². The van der Waals surface area contributed by atoms with E-state index in [4.69, 9.17) is 18.9 Å². The first-order valence-corrected chi connectivity index (χ1v) is 31.7. The van der Waals surface area contributed by atoms with Crippen molar-refractivity contribution in [2.24, 2.45) is 0 Å². The zero-order chi connectivity index (χ0) is 56.0. The van der Waals surface area contributed by atoms with E-state index >= 15 is 0 Å². The molecular weight excluding hydrogens is 979 g/mol. The number of carbonyl (C=O) groups excluding carboxylic acids is 1. The van der Waals surface area contributed by atoms with E-state index in [9.17, 15) is 45.6 Å². The minimum absolute atomic E-state index is 0.252. The smallest absolute Gasteiger partial charge is 0.220 e. The summed E-state index contributed by atoms with van der Waals surface area (Å²) in [5, 5.41) is 87.2. The summed E-state index contributed by atoms with van der Waals surface area (Å²) in [6.07, 6.45) is 43.4. The number of hydrogen-bond acceptors (Lipinski definition) is 13. The van der Waals surface area contributed by atoms with Gasteiger partial charge in [-0.1, -0.05) is 237 Å². The van der Waals surface area contributed by atoms with Gasteiger partial charge in [0.2, 0.25) is 5.91 Å². The molecule has 2 rings (SSSR count). The lowest BCUT2D eigenvalue weighted by Crippen LogP contribution is -2.65. The van der Waals surface area contributed by atoms with Gasteiger partial charge in [-0.3, -0.25) is 4.79 Å². The number of rotatable bonds is 51. The molecule has 0 bridgehead atoms. The summed E-state index contributed by atoms with van der Waals surface area (Å²) in [4.78, 5) is 13.3. The lowest BCUT2D eigenvalue weighted by atomic mass is 9.97. The SMILES string of the molecule is CCCCCCCC/C=C\CCCCCCCCCC(=O)NC(COC1OC(CO)C(OC2OC(CO)C(O)C(O)C2O)C(O)C1O)C(O)/C=C/CC/C=C/CCCCCCCCCCCCCCCCCCCCCC. The van der Waals surface area contributed by atoms with Crippen molar-refractivity contribution >= 4 is 5.91 Å². The number of nitrogens with one attached hydrogen (secondary N) is 1. The summed E-state index contributed by atoms with van der Waals surface area (Å²) in [6, 6.07) is -0.933. The van der Waals surface area contributed by atoms with Crippen LogP contribution in [0.2, 0.25) is 0 Å². The fourth-order valence-electron chi connectivity index (χ4n) is 10.4. The van der Waals surface area contributed by atoms with E-state index in [2.05, 4.69) is 43.5 Å². The normalized spacial score (nSPS) is 24.9. The van der Waals surface area contributed by atoms with Crippen molar-refractivity contribution in [3.63, 3.8) is 0 Å². The van der Waals surface area contributed by atoms with Gasteiger partial charge in [-0.25, -0.2) is 0 Å². The molecule has 0 aromatic rings. The maximum Gasteiger partial charge on any atom is 0.220 e. The zero-order valence-corrected chi connectivity index (χ0v) is 48.7. The Labute approximate surface area is 468 Å². The number of aliphatic hydroxyl groups is 8. The molecule has 12 atom stereocenters. The number of unbranched alkanes of at least 4 members (excludes halogenated alkanes) is 34. The maximum atomic E-state index is 13.3. The Hall–Kier alpha value is -1.79. The Balaban J connectivity index is 1.75. The molecule has 0 aliphatic carbocycles. The topological polar surface area (TPSA) is 228 Å². The summed E-state index contributed by atoms with van der Waals surface area (Å²) in [5.41, 5.74) is 0. The Morgan fingerprint density at radius 3 is 1.27 bits per heavy atom. The van der Waals surface area contributed by atoms with Gasteiger partial charge in [0.15, 0.2) is 12.6 Å². The molecule has 2 aliphatic rings. The third kappa shape index (κ3) is 34.3. The minimum atomic E-state index is -1.79. The molecule has 77 heavy (non-hydrogen) atoms. The quantitative estimate of drug-likeness (QED) is 0.0204. The van der Waals surface area contributed by atoms with Gasteiger partial charge in [0, 0.05) is 6.42 Å². The van der Waals surface area contributed by atoms with Gasteiger partial charge < -0.3 is 65.1 Å². The van der Waals surface area contributed by atoms with Crippen LogP contribution in [0, 0.1) is 0 Å². The molecule has 0 spiro atoms. The summed E-state index contributed by atoms with van der Waals surface area (Å²) in [5.74, 6) is -0.252. The first kappa shape index (κ1) is 71.3. The average Bonchev–Trinajstić information content (AvgIpc) is 3.44. The van der Waals surface area contributed by atoms with E-state index in [0.29, 0.717) is 12.8 Å². The Morgan fingerprint density at radius 2 is 0.831 bits per heavy atom. The molecule has 452 valence electrons. The van der Waals surface area contributed by atoms with E-state index < -0.39 is 86.8 Å². The highest BCUT2D eigenvalue weighted by Gasteiger charge is 2.51. The fraction of sp³-hybridized carbons (Fsp3) is 0.889. The summed E-state index contributed by atoms with van der Waals surface area (Å²) in [7, 11) is 0. The third-order valence-electron chi connectivity index (χ3n) is 15.5. The Kier molecular flexibility index (Phi) is 45.3. The highest BCUT2D eigenvalue weighted by Crippen LogP contribution is 2.30. The summed E-state index contributed by atoms with van der Waals surface area (Å²) >= 11 is 0. The van der Waals surface area contributed by atoms with Gasteiger partial charge in [0.25, 0.3) is 0 Å². The van der Waals surface area contributed by atoms with Gasteiger partial charge in [0.05, 0.1) is 32.0 Å². The highest BCUT2D eigenvalue weighted by molar-refractivity contribution is 5.76. The van der Waals surface area contributed by atoms with E-state index in [1.54, 1.807) is 6.08 Å². The van der Waals surface area contributed by atoms with Crippen LogP contribution < -0.4 is 5.32 Å². The van der Waals surface area contributed by atoms with Crippen molar-refractivity contribution in [3.8, 4) is 0 Å². The van der Waals surface area contributed by atoms with Crippen LogP contribution in [-0.2, 0) is 23.7 Å². The number of ether oxygens (including phenoxy) is 4. The number of allylic oxidation sites excluding steroid dienone is 5. The molecule has 2 saturated heterocycles. The number of amides is 1. The van der Waals surface area contributed by atoms with Crippen molar-refractivity contribution in [2.45, 2.75) is 338 Å². The fourth-order valence-corrected chi connectivity index (χ4v) is 10.4. The van der Waals surface area contributed by atoms with Gasteiger partial charge in [-0.2, -0.15) is 0 Å². The zero-order valence-electron chi connectivity index (χ0n) is 48.7. The molecule has 14 nitrogen and oxygen atoms in total. The average molecular weight is 1100 g/mol. The van der Waals surface area contributed by atoms with Crippen molar-refractivity contribution in [1.82, 2.24) is 5.32 Å². The Morgan fingerprint density at radius 1 is 0.455 bits per heavy atom. The lowest BCUT2D eigenvalue weighted by molar-refractivity contribution is -0.359. The number of hydrogen-bond donors (Lipinski definition) is 9. The van der Waals surface area contributed by atoms with Gasteiger partial charge in [-0.05, 0) is 57.8 Å². The predicted octanol–water partition coefficient (Wildman–Crippen LogP) is 11.4. The molecule has 2 fully saturated rings. The van der Waals surface area contributed by atoms with Crippen LogP contribution in [-0.4, -0.2) is 140 Å². The second-order valence-corrected chi connectivity index (χ2v) is 22.5. The molecule has 12 unspecified atom stereocenters. The molecule has 1 amide bonds. The third-order valence-corrected chi connectivity index (χ3v) is 15.5. The summed E-state index contributed by atoms with van der Waals surface area (Å²) in [6.45, 7) is 2.80. The van der Waals surface area contributed by atoms with E-state index in [1.807, 2.05) is 6.08 Å². The van der Waals surface area contributed by atoms with Crippen LogP contribution in [0.4, 0.5) is 0 Å². The van der Waals surface area contributed by atoms with Crippen LogP contribution in [0.15, 0.2) is 36.5 Å². The van der Waals surface area contributed by atoms with E-state index in [-0.39, 0.29) is 18.9 Å². The van der Waals surface area contributed by atoms with Gasteiger partial charge >= 0.3 is 0 Å². The van der Waals surface area contributed by atoms with Crippen LogP contribution in [0.3, 0.4) is 0 Å². The molecule has 14 heteroatoms. The molecular formula is C63H117NO13. The van der Waals surface area contributed by atoms with Crippen molar-refractivity contribution in [2.75, 3.05) is 19.8 Å².